The monoisotopic (exact) mass is 427 g/mol. The summed E-state index contributed by atoms with van der Waals surface area (Å²) in [5.74, 6) is 0.430. The first-order valence-electron chi connectivity index (χ1n) is 10.3. The van der Waals surface area contributed by atoms with Crippen LogP contribution in [0.15, 0.2) is 40.4 Å². The third kappa shape index (κ3) is 3.40. The van der Waals surface area contributed by atoms with Gasteiger partial charge in [0.25, 0.3) is 5.56 Å². The van der Waals surface area contributed by atoms with E-state index in [1.165, 1.54) is 42.9 Å². The van der Waals surface area contributed by atoms with Crippen molar-refractivity contribution in [1.82, 2.24) is 24.2 Å². The molecule has 1 atom stereocenters. The quantitative estimate of drug-likeness (QED) is 0.601. The zero-order valence-corrected chi connectivity index (χ0v) is 17.3. The second kappa shape index (κ2) is 7.86. The van der Waals surface area contributed by atoms with Gasteiger partial charge in [0.15, 0.2) is 10.8 Å². The number of carbonyl (C=O) groups is 1. The van der Waals surface area contributed by atoms with Crippen LogP contribution in [0.1, 0.15) is 38.1 Å². The molecular weight excluding hydrogens is 405 g/mol. The van der Waals surface area contributed by atoms with Crippen LogP contribution in [0.25, 0.3) is 16.7 Å². The summed E-state index contributed by atoms with van der Waals surface area (Å²) in [4.78, 5) is 32.7. The summed E-state index contributed by atoms with van der Waals surface area (Å²) in [6.07, 6.45) is 6.26. The minimum atomic E-state index is -0.336. The van der Waals surface area contributed by atoms with Gasteiger partial charge in [0.05, 0.1) is 17.9 Å². The molecule has 1 aromatic carbocycles. The number of nitrogens with zero attached hydrogens (tertiary/aromatic N) is 5. The molecule has 2 aliphatic rings. The summed E-state index contributed by atoms with van der Waals surface area (Å²) in [7, 11) is 0. The van der Waals surface area contributed by atoms with Crippen LogP contribution in [0.2, 0.25) is 0 Å². The third-order valence-corrected chi connectivity index (χ3v) is 6.91. The van der Waals surface area contributed by atoms with Crippen molar-refractivity contribution < 1.29 is 9.18 Å². The van der Waals surface area contributed by atoms with Crippen molar-refractivity contribution in [2.24, 2.45) is 0 Å². The Labute approximate surface area is 176 Å². The molecule has 5 rings (SSSR count). The molecule has 0 unspecified atom stereocenters. The van der Waals surface area contributed by atoms with E-state index >= 15 is 0 Å². The smallest absolute Gasteiger partial charge is 0.265 e. The molecular formula is C21H22FN5O2S. The lowest BCUT2D eigenvalue weighted by molar-refractivity contribution is -0.131. The van der Waals surface area contributed by atoms with Crippen molar-refractivity contribution >= 4 is 28.7 Å². The van der Waals surface area contributed by atoms with Crippen molar-refractivity contribution in [3.63, 3.8) is 0 Å². The lowest BCUT2D eigenvalue weighted by atomic mass is 10.2. The molecule has 1 amide bonds. The first-order valence-corrected chi connectivity index (χ1v) is 11.3. The molecule has 1 saturated heterocycles. The number of fused-ring (bicyclic) bond motifs is 2. The third-order valence-electron chi connectivity index (χ3n) is 5.81. The van der Waals surface area contributed by atoms with Crippen LogP contribution in [-0.2, 0) is 4.79 Å². The van der Waals surface area contributed by atoms with Gasteiger partial charge < -0.3 is 4.90 Å². The van der Waals surface area contributed by atoms with Crippen LogP contribution < -0.4 is 5.56 Å². The number of benzene rings is 1. The Morgan fingerprint density at radius 2 is 1.87 bits per heavy atom. The second-order valence-electron chi connectivity index (χ2n) is 7.80. The van der Waals surface area contributed by atoms with Crippen LogP contribution in [0.4, 0.5) is 4.39 Å². The number of carbonyl (C=O) groups excluding carboxylic acids is 1. The average molecular weight is 428 g/mol. The van der Waals surface area contributed by atoms with E-state index in [9.17, 15) is 14.0 Å². The summed E-state index contributed by atoms with van der Waals surface area (Å²) in [6, 6.07) is 5.71. The Bertz CT molecular complexity index is 1150. The number of amides is 1. The van der Waals surface area contributed by atoms with Gasteiger partial charge in [-0.3, -0.25) is 14.2 Å². The molecule has 30 heavy (non-hydrogen) atoms. The molecule has 2 aromatic heterocycles. The van der Waals surface area contributed by atoms with Crippen molar-refractivity contribution in [3.8, 4) is 5.69 Å². The number of thioether (sulfide) groups is 1. The maximum absolute atomic E-state index is 13.3. The van der Waals surface area contributed by atoms with Crippen molar-refractivity contribution in [2.45, 2.75) is 43.3 Å². The van der Waals surface area contributed by atoms with Crippen LogP contribution in [0, 0.1) is 5.82 Å². The highest BCUT2D eigenvalue weighted by Crippen LogP contribution is 2.34. The zero-order chi connectivity index (χ0) is 20.7. The molecule has 0 spiro atoms. The maximum atomic E-state index is 13.3. The molecule has 0 saturated carbocycles. The molecule has 0 N–H and O–H groups in total. The predicted octanol–water partition coefficient (Wildman–Crippen LogP) is 3.16. The van der Waals surface area contributed by atoms with Crippen LogP contribution in [-0.4, -0.2) is 49.0 Å². The van der Waals surface area contributed by atoms with E-state index in [2.05, 4.69) is 10.1 Å². The number of likely N-dealkylation sites (tertiary alicyclic amines) is 1. The number of rotatable bonds is 3. The van der Waals surface area contributed by atoms with Gasteiger partial charge in [-0.2, -0.15) is 5.10 Å². The standard InChI is InChI=1S/C21H22FN5O2S/c22-14-5-7-15(8-6-14)27-19-17(12-23-27)20(29)26-16(13-30-21(26)24-19)11-18(28)25-9-3-1-2-4-10-25/h5-8,12,16H,1-4,9-11,13H2/t16-/m0/s1. The molecule has 3 aromatic rings. The SMILES string of the molecule is O=C(C[C@H]1CSc2nc3c(cnn3-c3ccc(F)cc3)c(=O)n21)N1CCCCCC1. The minimum Gasteiger partial charge on any atom is -0.343 e. The molecule has 0 bridgehead atoms. The van der Waals surface area contributed by atoms with Gasteiger partial charge >= 0.3 is 0 Å². The summed E-state index contributed by atoms with van der Waals surface area (Å²) >= 11 is 1.49. The van der Waals surface area contributed by atoms with Gasteiger partial charge in [0.1, 0.15) is 11.2 Å². The van der Waals surface area contributed by atoms with E-state index in [0.29, 0.717) is 34.1 Å². The van der Waals surface area contributed by atoms with Gasteiger partial charge in [0, 0.05) is 25.3 Å². The number of hydrogen-bond donors (Lipinski definition) is 0. The van der Waals surface area contributed by atoms with E-state index in [1.807, 2.05) is 4.90 Å². The Hall–Kier alpha value is -2.68. The van der Waals surface area contributed by atoms with E-state index in [0.717, 1.165) is 25.9 Å². The van der Waals surface area contributed by atoms with Gasteiger partial charge in [-0.15, -0.1) is 0 Å². The average Bonchev–Trinajstić information content (AvgIpc) is 3.23. The van der Waals surface area contributed by atoms with Crippen molar-refractivity contribution in [1.29, 1.82) is 0 Å². The Kier molecular flexibility index (Phi) is 5.06. The molecule has 7 nitrogen and oxygen atoms in total. The molecule has 0 aliphatic carbocycles. The summed E-state index contributed by atoms with van der Waals surface area (Å²) in [5, 5.41) is 5.30. The lowest BCUT2D eigenvalue weighted by Crippen LogP contribution is -2.35. The van der Waals surface area contributed by atoms with Gasteiger partial charge in [-0.05, 0) is 37.1 Å². The fourth-order valence-corrected chi connectivity index (χ4v) is 5.33. The zero-order valence-electron chi connectivity index (χ0n) is 16.5. The minimum absolute atomic E-state index is 0.115. The van der Waals surface area contributed by atoms with Crippen molar-refractivity contribution in [2.75, 3.05) is 18.8 Å². The number of halogens is 1. The van der Waals surface area contributed by atoms with Gasteiger partial charge in [0.2, 0.25) is 5.91 Å². The molecule has 0 radical (unpaired) electrons. The Morgan fingerprint density at radius 1 is 1.13 bits per heavy atom. The highest BCUT2D eigenvalue weighted by Gasteiger charge is 2.31. The normalized spacial score (nSPS) is 19.1. The van der Waals surface area contributed by atoms with E-state index < -0.39 is 0 Å². The molecule has 1 fully saturated rings. The first kappa shape index (κ1) is 19.3. The first-order chi connectivity index (χ1) is 14.6. The van der Waals surface area contributed by atoms with Crippen LogP contribution in [0.3, 0.4) is 0 Å². The van der Waals surface area contributed by atoms with Gasteiger partial charge in [-0.25, -0.2) is 14.1 Å². The highest BCUT2D eigenvalue weighted by molar-refractivity contribution is 7.99. The largest absolute Gasteiger partial charge is 0.343 e. The second-order valence-corrected chi connectivity index (χ2v) is 8.79. The number of aromatic nitrogens is 4. The van der Waals surface area contributed by atoms with E-state index in [-0.39, 0.29) is 23.3 Å². The fourth-order valence-electron chi connectivity index (χ4n) is 4.20. The van der Waals surface area contributed by atoms with Crippen molar-refractivity contribution in [3.05, 3.63) is 46.6 Å². The van der Waals surface area contributed by atoms with Crippen LogP contribution >= 0.6 is 11.8 Å². The summed E-state index contributed by atoms with van der Waals surface area (Å²) in [5.41, 5.74) is 0.908. The molecule has 156 valence electrons. The van der Waals surface area contributed by atoms with E-state index in [1.54, 1.807) is 21.4 Å². The van der Waals surface area contributed by atoms with Crippen LogP contribution in [0.5, 0.6) is 0 Å². The van der Waals surface area contributed by atoms with E-state index in [4.69, 9.17) is 0 Å². The Balaban J connectivity index is 1.46. The molecule has 9 heteroatoms. The topological polar surface area (TPSA) is 73.0 Å². The maximum Gasteiger partial charge on any atom is 0.265 e. The summed E-state index contributed by atoms with van der Waals surface area (Å²) < 4.78 is 16.5. The summed E-state index contributed by atoms with van der Waals surface area (Å²) in [6.45, 7) is 1.62. The van der Waals surface area contributed by atoms with Gasteiger partial charge in [-0.1, -0.05) is 24.6 Å². The highest BCUT2D eigenvalue weighted by atomic mass is 32.2. The molecule has 4 heterocycles. The molecule has 2 aliphatic heterocycles. The predicted molar refractivity (Wildman–Crippen MR) is 113 cm³/mol. The lowest BCUT2D eigenvalue weighted by Gasteiger charge is -2.22. The fraction of sp³-hybridized carbons (Fsp3) is 0.429. The Morgan fingerprint density at radius 3 is 2.60 bits per heavy atom. The number of hydrogen-bond acceptors (Lipinski definition) is 5.